The van der Waals surface area contributed by atoms with Crippen molar-refractivity contribution in [1.29, 1.82) is 0 Å². The standard InChI is InChI=1S/C23H27N7O4/c1-6-30-14(3)18(15-8-10-16(11-9-15)34-7-2)26-22(30)25-17(31)12-29-13-24-20-19(29)21(32)28(5)23(33)27(20)4/h8-11,13H,6-7,12H2,1-5H3,(H,25,26,31). The number of nitrogens with one attached hydrogen (secondary N) is 1. The number of imidazole rings is 2. The molecule has 0 aliphatic heterocycles. The summed E-state index contributed by atoms with van der Waals surface area (Å²) in [6.45, 7) is 6.90. The largest absolute Gasteiger partial charge is 0.494 e. The van der Waals surface area contributed by atoms with Gasteiger partial charge in [-0.15, -0.1) is 0 Å². The van der Waals surface area contributed by atoms with Crippen LogP contribution in [0.5, 0.6) is 5.75 Å². The number of fused-ring (bicyclic) bond motifs is 1. The number of hydrogen-bond acceptors (Lipinski definition) is 6. The molecule has 178 valence electrons. The van der Waals surface area contributed by atoms with E-state index in [1.54, 1.807) is 0 Å². The van der Waals surface area contributed by atoms with Gasteiger partial charge in [0.2, 0.25) is 11.9 Å². The van der Waals surface area contributed by atoms with Gasteiger partial charge in [-0.3, -0.25) is 24.0 Å². The number of aromatic nitrogens is 6. The van der Waals surface area contributed by atoms with Crippen molar-refractivity contribution in [2.45, 2.75) is 33.9 Å². The Labute approximate surface area is 195 Å². The molecule has 1 N–H and O–H groups in total. The molecule has 0 fully saturated rings. The summed E-state index contributed by atoms with van der Waals surface area (Å²) in [5.74, 6) is 0.829. The summed E-state index contributed by atoms with van der Waals surface area (Å²) in [5.41, 5.74) is 2.01. The minimum Gasteiger partial charge on any atom is -0.494 e. The molecule has 4 aromatic rings. The summed E-state index contributed by atoms with van der Waals surface area (Å²) in [6, 6.07) is 7.64. The summed E-state index contributed by atoms with van der Waals surface area (Å²) in [7, 11) is 2.93. The van der Waals surface area contributed by atoms with Crippen molar-refractivity contribution in [3.05, 3.63) is 57.1 Å². The van der Waals surface area contributed by atoms with Crippen molar-refractivity contribution in [3.8, 4) is 17.0 Å². The maximum absolute atomic E-state index is 12.9. The van der Waals surface area contributed by atoms with Crippen LogP contribution in [0.25, 0.3) is 22.4 Å². The quantitative estimate of drug-likeness (QED) is 0.444. The molecule has 11 heteroatoms. The summed E-state index contributed by atoms with van der Waals surface area (Å²) in [5, 5.41) is 2.85. The molecular weight excluding hydrogens is 438 g/mol. The number of aryl methyl sites for hydroxylation is 1. The molecule has 0 saturated carbocycles. The number of hydrogen-bond donors (Lipinski definition) is 1. The molecule has 11 nitrogen and oxygen atoms in total. The fourth-order valence-electron chi connectivity index (χ4n) is 4.00. The Bertz CT molecular complexity index is 1490. The first-order valence-electron chi connectivity index (χ1n) is 11.0. The third kappa shape index (κ3) is 3.89. The Morgan fingerprint density at radius 3 is 2.44 bits per heavy atom. The third-order valence-electron chi connectivity index (χ3n) is 5.76. The van der Waals surface area contributed by atoms with Gasteiger partial charge < -0.3 is 13.9 Å². The van der Waals surface area contributed by atoms with Gasteiger partial charge in [0.1, 0.15) is 12.3 Å². The Balaban J connectivity index is 1.62. The second-order valence-corrected chi connectivity index (χ2v) is 7.87. The van der Waals surface area contributed by atoms with Crippen LogP contribution in [0, 0.1) is 6.92 Å². The molecule has 34 heavy (non-hydrogen) atoms. The zero-order chi connectivity index (χ0) is 24.6. The van der Waals surface area contributed by atoms with Crippen molar-refractivity contribution in [1.82, 2.24) is 28.2 Å². The number of benzene rings is 1. The SMILES string of the molecule is CCOc1ccc(-c2nc(NC(=O)Cn3cnc4c3c(=O)n(C)c(=O)n4C)n(CC)c2C)cc1. The maximum atomic E-state index is 12.9. The number of anilines is 1. The van der Waals surface area contributed by atoms with E-state index in [4.69, 9.17) is 4.74 Å². The second kappa shape index (κ2) is 9.00. The number of ether oxygens (including phenoxy) is 1. The van der Waals surface area contributed by atoms with E-state index >= 15 is 0 Å². The van der Waals surface area contributed by atoms with Gasteiger partial charge in [-0.05, 0) is 45.0 Å². The minimum atomic E-state index is -0.507. The van der Waals surface area contributed by atoms with E-state index < -0.39 is 11.2 Å². The van der Waals surface area contributed by atoms with E-state index in [0.29, 0.717) is 19.1 Å². The van der Waals surface area contributed by atoms with Gasteiger partial charge in [0.05, 0.1) is 18.6 Å². The Morgan fingerprint density at radius 1 is 1.09 bits per heavy atom. The minimum absolute atomic E-state index is 0.155. The van der Waals surface area contributed by atoms with Crippen molar-refractivity contribution >= 4 is 23.0 Å². The topological polar surface area (TPSA) is 118 Å². The molecule has 0 aliphatic carbocycles. The van der Waals surface area contributed by atoms with E-state index in [1.165, 1.54) is 29.6 Å². The number of carbonyl (C=O) groups is 1. The van der Waals surface area contributed by atoms with Gasteiger partial charge >= 0.3 is 5.69 Å². The highest BCUT2D eigenvalue weighted by molar-refractivity contribution is 5.90. The van der Waals surface area contributed by atoms with Crippen LogP contribution in [0.15, 0.2) is 40.2 Å². The smallest absolute Gasteiger partial charge is 0.332 e. The summed E-state index contributed by atoms with van der Waals surface area (Å²) in [6.07, 6.45) is 1.38. The number of nitrogens with zero attached hydrogens (tertiary/aromatic N) is 6. The fourth-order valence-corrected chi connectivity index (χ4v) is 4.00. The van der Waals surface area contributed by atoms with Crippen molar-refractivity contribution in [2.24, 2.45) is 14.1 Å². The predicted molar refractivity (Wildman–Crippen MR) is 128 cm³/mol. The third-order valence-corrected chi connectivity index (χ3v) is 5.76. The average molecular weight is 466 g/mol. The normalized spacial score (nSPS) is 11.2. The summed E-state index contributed by atoms with van der Waals surface area (Å²) < 4.78 is 11.1. The van der Waals surface area contributed by atoms with E-state index in [0.717, 1.165) is 27.3 Å². The highest BCUT2D eigenvalue weighted by atomic mass is 16.5. The lowest BCUT2D eigenvalue weighted by Crippen LogP contribution is -2.37. The summed E-state index contributed by atoms with van der Waals surface area (Å²) >= 11 is 0. The highest BCUT2D eigenvalue weighted by Gasteiger charge is 2.19. The predicted octanol–water partition coefficient (Wildman–Crippen LogP) is 1.66. The highest BCUT2D eigenvalue weighted by Crippen LogP contribution is 2.27. The molecule has 0 bridgehead atoms. The second-order valence-electron chi connectivity index (χ2n) is 7.87. The van der Waals surface area contributed by atoms with Crippen LogP contribution in [0.3, 0.4) is 0 Å². The first-order chi connectivity index (χ1) is 16.3. The molecule has 0 radical (unpaired) electrons. The van der Waals surface area contributed by atoms with Gasteiger partial charge in [-0.1, -0.05) is 0 Å². The Hall–Kier alpha value is -4.15. The monoisotopic (exact) mass is 465 g/mol. The lowest BCUT2D eigenvalue weighted by molar-refractivity contribution is -0.116. The van der Waals surface area contributed by atoms with E-state index in [1.807, 2.05) is 49.6 Å². The van der Waals surface area contributed by atoms with Crippen LogP contribution in [-0.2, 0) is 32.0 Å². The van der Waals surface area contributed by atoms with Crippen LogP contribution in [-0.4, -0.2) is 40.8 Å². The number of carbonyl (C=O) groups excluding carboxylic acids is 1. The maximum Gasteiger partial charge on any atom is 0.332 e. The molecule has 3 aromatic heterocycles. The molecule has 0 spiro atoms. The Morgan fingerprint density at radius 2 is 1.79 bits per heavy atom. The van der Waals surface area contributed by atoms with Gasteiger partial charge in [-0.2, -0.15) is 0 Å². The zero-order valence-corrected chi connectivity index (χ0v) is 19.8. The van der Waals surface area contributed by atoms with Gasteiger partial charge in [0.25, 0.3) is 5.56 Å². The fraction of sp³-hybridized carbons (Fsp3) is 0.348. The molecule has 0 saturated heterocycles. The first-order valence-corrected chi connectivity index (χ1v) is 11.0. The van der Waals surface area contributed by atoms with Crippen LogP contribution >= 0.6 is 0 Å². The Kier molecular flexibility index (Phi) is 6.10. The number of amides is 1. The van der Waals surface area contributed by atoms with Gasteiger partial charge in [-0.25, -0.2) is 14.8 Å². The summed E-state index contributed by atoms with van der Waals surface area (Å²) in [4.78, 5) is 46.5. The van der Waals surface area contributed by atoms with Crippen molar-refractivity contribution in [3.63, 3.8) is 0 Å². The molecule has 0 atom stereocenters. The van der Waals surface area contributed by atoms with E-state index in [-0.39, 0.29) is 23.6 Å². The molecule has 1 amide bonds. The van der Waals surface area contributed by atoms with E-state index in [9.17, 15) is 14.4 Å². The van der Waals surface area contributed by atoms with Gasteiger partial charge in [0.15, 0.2) is 11.2 Å². The van der Waals surface area contributed by atoms with Crippen molar-refractivity contribution in [2.75, 3.05) is 11.9 Å². The van der Waals surface area contributed by atoms with Crippen LogP contribution in [0.4, 0.5) is 5.95 Å². The average Bonchev–Trinajstić information content (AvgIpc) is 3.37. The molecular formula is C23H27N7O4. The molecule has 1 aromatic carbocycles. The first kappa shape index (κ1) is 23.0. The zero-order valence-electron chi connectivity index (χ0n) is 19.8. The molecule has 4 rings (SSSR count). The van der Waals surface area contributed by atoms with Crippen LogP contribution in [0.2, 0.25) is 0 Å². The van der Waals surface area contributed by atoms with Crippen LogP contribution < -0.4 is 21.3 Å². The molecule has 3 heterocycles. The van der Waals surface area contributed by atoms with Crippen molar-refractivity contribution < 1.29 is 9.53 Å². The van der Waals surface area contributed by atoms with E-state index in [2.05, 4.69) is 15.3 Å². The molecule has 0 unspecified atom stereocenters. The lowest BCUT2D eigenvalue weighted by atomic mass is 10.1. The molecule has 0 aliphatic rings. The lowest BCUT2D eigenvalue weighted by Gasteiger charge is -2.09. The van der Waals surface area contributed by atoms with Crippen LogP contribution in [0.1, 0.15) is 19.5 Å². The number of rotatable bonds is 7. The van der Waals surface area contributed by atoms with Gasteiger partial charge in [0, 0.05) is 31.9 Å².